The fourth-order valence-electron chi connectivity index (χ4n) is 4.65. The van der Waals surface area contributed by atoms with Crippen LogP contribution in [0.15, 0.2) is 59.8 Å². The smallest absolute Gasteiger partial charge is 0.253 e. The number of nitrogens with zero attached hydrogens (tertiary/aromatic N) is 5. The summed E-state index contributed by atoms with van der Waals surface area (Å²) in [4.78, 5) is 21.9. The molecule has 1 amide bonds. The summed E-state index contributed by atoms with van der Waals surface area (Å²) in [5.74, 6) is -0.0497. The lowest BCUT2D eigenvalue weighted by atomic mass is 10.2. The lowest BCUT2D eigenvalue weighted by Gasteiger charge is -2.34. The van der Waals surface area contributed by atoms with Crippen LogP contribution in [0.2, 0.25) is 0 Å². The average Bonchev–Trinajstić information content (AvgIpc) is 3.27. The van der Waals surface area contributed by atoms with Crippen molar-refractivity contribution in [2.75, 3.05) is 39.3 Å². The van der Waals surface area contributed by atoms with Crippen LogP contribution in [0, 0.1) is 0 Å². The van der Waals surface area contributed by atoms with E-state index in [4.69, 9.17) is 0 Å². The van der Waals surface area contributed by atoms with E-state index in [1.54, 1.807) is 28.6 Å². The monoisotopic (exact) mass is 467 g/mol. The Labute approximate surface area is 194 Å². The van der Waals surface area contributed by atoms with Crippen molar-refractivity contribution < 1.29 is 13.2 Å². The van der Waals surface area contributed by atoms with Crippen molar-refractivity contribution in [3.8, 4) is 0 Å². The van der Waals surface area contributed by atoms with E-state index in [1.165, 1.54) is 0 Å². The highest BCUT2D eigenvalue weighted by atomic mass is 32.2. The van der Waals surface area contributed by atoms with Gasteiger partial charge in [-0.15, -0.1) is 0 Å². The number of hydrogen-bond acceptors (Lipinski definition) is 5. The molecular weight excluding hydrogens is 438 g/mol. The highest BCUT2D eigenvalue weighted by Crippen LogP contribution is 2.21. The summed E-state index contributed by atoms with van der Waals surface area (Å²) < 4.78 is 29.3. The molecule has 174 valence electrons. The zero-order chi connectivity index (χ0) is 22.8. The van der Waals surface area contributed by atoms with E-state index in [2.05, 4.69) is 14.3 Å². The van der Waals surface area contributed by atoms with Gasteiger partial charge in [0.15, 0.2) is 0 Å². The SMILES string of the molecule is O=C(c1ccc(S(=O)(=O)N2CCCCC2)cc1)N1CCN(Cc2cnc3ccccn23)CC1. The number of benzene rings is 1. The molecule has 4 heterocycles. The number of fused-ring (bicyclic) bond motifs is 1. The highest BCUT2D eigenvalue weighted by molar-refractivity contribution is 7.89. The van der Waals surface area contributed by atoms with Gasteiger partial charge in [-0.3, -0.25) is 9.69 Å². The van der Waals surface area contributed by atoms with Gasteiger partial charge in [-0.1, -0.05) is 12.5 Å². The number of rotatable bonds is 5. The molecule has 0 radical (unpaired) electrons. The van der Waals surface area contributed by atoms with Gasteiger partial charge in [0.05, 0.1) is 16.8 Å². The molecule has 0 saturated carbocycles. The number of aromatic nitrogens is 2. The summed E-state index contributed by atoms with van der Waals surface area (Å²) in [5.41, 5.74) is 2.60. The molecule has 9 heteroatoms. The summed E-state index contributed by atoms with van der Waals surface area (Å²) in [6.45, 7) is 4.79. The minimum Gasteiger partial charge on any atom is -0.336 e. The Kier molecular flexibility index (Phi) is 6.18. The number of pyridine rings is 1. The zero-order valence-electron chi connectivity index (χ0n) is 18.6. The first-order valence-corrected chi connectivity index (χ1v) is 13.0. The quantitative estimate of drug-likeness (QED) is 0.576. The fourth-order valence-corrected chi connectivity index (χ4v) is 6.16. The predicted molar refractivity (Wildman–Crippen MR) is 125 cm³/mol. The maximum atomic E-state index is 13.0. The molecule has 5 rings (SSSR count). The first-order chi connectivity index (χ1) is 16.0. The molecular formula is C24H29N5O3S. The number of sulfonamides is 1. The second-order valence-electron chi connectivity index (χ2n) is 8.74. The van der Waals surface area contributed by atoms with Crippen LogP contribution >= 0.6 is 0 Å². The van der Waals surface area contributed by atoms with E-state index in [-0.39, 0.29) is 10.8 Å². The largest absolute Gasteiger partial charge is 0.336 e. The average molecular weight is 468 g/mol. The van der Waals surface area contributed by atoms with Gasteiger partial charge in [-0.05, 0) is 49.2 Å². The first-order valence-electron chi connectivity index (χ1n) is 11.6. The van der Waals surface area contributed by atoms with E-state index in [0.717, 1.165) is 50.2 Å². The maximum absolute atomic E-state index is 13.0. The van der Waals surface area contributed by atoms with Crippen molar-refractivity contribution in [2.24, 2.45) is 0 Å². The lowest BCUT2D eigenvalue weighted by Crippen LogP contribution is -2.48. The second kappa shape index (κ2) is 9.24. The molecule has 2 saturated heterocycles. The van der Waals surface area contributed by atoms with Gasteiger partial charge in [-0.2, -0.15) is 4.31 Å². The van der Waals surface area contributed by atoms with Crippen molar-refractivity contribution in [3.63, 3.8) is 0 Å². The molecule has 0 atom stereocenters. The molecule has 0 spiro atoms. The van der Waals surface area contributed by atoms with E-state index < -0.39 is 10.0 Å². The number of imidazole rings is 1. The van der Waals surface area contributed by atoms with E-state index in [0.29, 0.717) is 31.7 Å². The molecule has 1 aromatic carbocycles. The predicted octanol–water partition coefficient (Wildman–Crippen LogP) is 2.47. The van der Waals surface area contributed by atoms with Crippen molar-refractivity contribution in [3.05, 3.63) is 66.1 Å². The Morgan fingerprint density at radius 2 is 1.61 bits per heavy atom. The summed E-state index contributed by atoms with van der Waals surface area (Å²) in [6, 6.07) is 12.4. The maximum Gasteiger partial charge on any atom is 0.253 e. The van der Waals surface area contributed by atoms with Gasteiger partial charge in [0.1, 0.15) is 5.65 Å². The van der Waals surface area contributed by atoms with Crippen LogP contribution < -0.4 is 0 Å². The van der Waals surface area contributed by atoms with Crippen molar-refractivity contribution in [1.82, 2.24) is 23.5 Å². The van der Waals surface area contributed by atoms with E-state index in [1.807, 2.05) is 35.5 Å². The molecule has 0 unspecified atom stereocenters. The Hall–Kier alpha value is -2.75. The van der Waals surface area contributed by atoms with Crippen molar-refractivity contribution in [1.29, 1.82) is 0 Å². The van der Waals surface area contributed by atoms with Crippen LogP contribution in [-0.2, 0) is 16.6 Å². The molecule has 2 aromatic heterocycles. The third kappa shape index (κ3) is 4.53. The number of carbonyl (C=O) groups excluding carboxylic acids is 1. The Bertz CT molecular complexity index is 1220. The van der Waals surface area contributed by atoms with Gasteiger partial charge in [0.2, 0.25) is 10.0 Å². The van der Waals surface area contributed by atoms with Gasteiger partial charge < -0.3 is 9.30 Å². The van der Waals surface area contributed by atoms with E-state index >= 15 is 0 Å². The lowest BCUT2D eigenvalue weighted by molar-refractivity contribution is 0.0626. The minimum atomic E-state index is -3.48. The van der Waals surface area contributed by atoms with Crippen LogP contribution in [0.1, 0.15) is 35.3 Å². The van der Waals surface area contributed by atoms with E-state index in [9.17, 15) is 13.2 Å². The molecule has 2 fully saturated rings. The number of piperazine rings is 1. The standard InChI is InChI=1S/C24H29N5O3S/c30-24(20-7-9-22(10-8-20)33(31,32)28-11-3-1-4-12-28)27-16-14-26(15-17-27)19-21-18-25-23-6-2-5-13-29(21)23/h2,5-10,13,18H,1,3-4,11-12,14-17,19H2. The molecule has 0 N–H and O–H groups in total. The van der Waals surface area contributed by atoms with Gasteiger partial charge in [0, 0.05) is 57.6 Å². The van der Waals surface area contributed by atoms with Crippen LogP contribution in [0.3, 0.4) is 0 Å². The topological polar surface area (TPSA) is 78.2 Å². The number of hydrogen-bond donors (Lipinski definition) is 0. The summed E-state index contributed by atoms with van der Waals surface area (Å²) in [7, 11) is -3.48. The highest BCUT2D eigenvalue weighted by Gasteiger charge is 2.27. The minimum absolute atomic E-state index is 0.0497. The van der Waals surface area contributed by atoms with Crippen LogP contribution in [0.25, 0.3) is 5.65 Å². The third-order valence-corrected chi connectivity index (χ3v) is 8.51. The molecule has 33 heavy (non-hydrogen) atoms. The molecule has 2 aliphatic heterocycles. The Morgan fingerprint density at radius 1 is 0.879 bits per heavy atom. The molecule has 0 bridgehead atoms. The van der Waals surface area contributed by atoms with Crippen molar-refractivity contribution >= 4 is 21.6 Å². The molecule has 8 nitrogen and oxygen atoms in total. The van der Waals surface area contributed by atoms with Crippen LogP contribution in [-0.4, -0.2) is 77.1 Å². The zero-order valence-corrected chi connectivity index (χ0v) is 19.5. The first kappa shape index (κ1) is 22.1. The number of piperidine rings is 1. The van der Waals surface area contributed by atoms with Crippen LogP contribution in [0.4, 0.5) is 0 Å². The summed E-state index contributed by atoms with van der Waals surface area (Å²) >= 11 is 0. The number of amides is 1. The Morgan fingerprint density at radius 3 is 2.33 bits per heavy atom. The molecule has 2 aliphatic rings. The molecule has 3 aromatic rings. The summed E-state index contributed by atoms with van der Waals surface area (Å²) in [6.07, 6.45) is 6.81. The summed E-state index contributed by atoms with van der Waals surface area (Å²) in [5, 5.41) is 0. The van der Waals surface area contributed by atoms with Gasteiger partial charge in [0.25, 0.3) is 5.91 Å². The normalized spacial score (nSPS) is 18.6. The number of carbonyl (C=O) groups is 1. The fraction of sp³-hybridized carbons (Fsp3) is 0.417. The van der Waals surface area contributed by atoms with Crippen LogP contribution in [0.5, 0.6) is 0 Å². The second-order valence-corrected chi connectivity index (χ2v) is 10.7. The van der Waals surface area contributed by atoms with Gasteiger partial charge >= 0.3 is 0 Å². The van der Waals surface area contributed by atoms with Crippen molar-refractivity contribution in [2.45, 2.75) is 30.7 Å². The molecule has 0 aliphatic carbocycles. The third-order valence-electron chi connectivity index (χ3n) is 6.59. The van der Waals surface area contributed by atoms with Gasteiger partial charge in [-0.25, -0.2) is 13.4 Å². The Balaban J connectivity index is 1.19.